The van der Waals surface area contributed by atoms with Crippen LogP contribution >= 0.6 is 0 Å². The summed E-state index contributed by atoms with van der Waals surface area (Å²) >= 11 is 0. The van der Waals surface area contributed by atoms with Gasteiger partial charge in [-0.25, -0.2) is 0 Å². The fourth-order valence-corrected chi connectivity index (χ4v) is 2.58. The number of esters is 1. The van der Waals surface area contributed by atoms with Crippen molar-refractivity contribution in [2.45, 2.75) is 18.9 Å². The zero-order valence-corrected chi connectivity index (χ0v) is 10.7. The minimum absolute atomic E-state index is 0.0207. The molecule has 2 nitrogen and oxygen atoms in total. The molecule has 1 heterocycles. The Labute approximate surface area is 113 Å². The first-order valence-corrected chi connectivity index (χ1v) is 6.62. The van der Waals surface area contributed by atoms with Crippen LogP contribution in [0, 0.1) is 5.92 Å². The van der Waals surface area contributed by atoms with Gasteiger partial charge < -0.3 is 4.74 Å². The van der Waals surface area contributed by atoms with Crippen LogP contribution in [0.4, 0.5) is 0 Å². The van der Waals surface area contributed by atoms with E-state index < -0.39 is 0 Å². The lowest BCUT2D eigenvalue weighted by atomic mass is 9.94. The number of ether oxygens (including phenoxy) is 1. The van der Waals surface area contributed by atoms with Gasteiger partial charge in [-0.05, 0) is 17.5 Å². The summed E-state index contributed by atoms with van der Waals surface area (Å²) in [6.45, 7) is 0. The summed E-state index contributed by atoms with van der Waals surface area (Å²) in [7, 11) is 0. The van der Waals surface area contributed by atoms with E-state index in [1.807, 2.05) is 48.5 Å². The molecule has 96 valence electrons. The van der Waals surface area contributed by atoms with E-state index in [0.717, 1.165) is 18.4 Å². The van der Waals surface area contributed by atoms with Crippen molar-refractivity contribution in [1.29, 1.82) is 0 Å². The van der Waals surface area contributed by atoms with E-state index in [0.29, 0.717) is 0 Å². The minimum Gasteiger partial charge on any atom is -0.457 e. The Morgan fingerprint density at radius 2 is 1.58 bits per heavy atom. The van der Waals surface area contributed by atoms with Crippen molar-refractivity contribution in [2.24, 2.45) is 5.92 Å². The van der Waals surface area contributed by atoms with Gasteiger partial charge in [0.2, 0.25) is 0 Å². The molecule has 19 heavy (non-hydrogen) atoms. The van der Waals surface area contributed by atoms with E-state index in [2.05, 4.69) is 12.1 Å². The average Bonchev–Trinajstić information content (AvgIpc) is 2.82. The number of carbonyl (C=O) groups excluding carboxylic acids is 1. The normalized spacial score (nSPS) is 22.2. The smallest absolute Gasteiger partial charge is 0.310 e. The summed E-state index contributed by atoms with van der Waals surface area (Å²) in [5.41, 5.74) is 2.28. The molecule has 0 spiro atoms. The molecule has 0 radical (unpaired) electrons. The fraction of sp³-hybridized carbons (Fsp3) is 0.235. The third-order valence-corrected chi connectivity index (χ3v) is 3.59. The maximum atomic E-state index is 11.9. The van der Waals surface area contributed by atoms with Crippen LogP contribution < -0.4 is 0 Å². The molecular weight excluding hydrogens is 236 g/mol. The zero-order chi connectivity index (χ0) is 13.1. The molecule has 0 saturated carbocycles. The molecule has 0 bridgehead atoms. The minimum atomic E-state index is -0.0811. The standard InChI is InChI=1S/C17H16O2/c18-17-15(11-13-7-3-1-4-8-13)12-16(19-17)14-9-5-2-6-10-14/h1-10,15-16H,11-12H2/t15-,16-/m1/s1. The second-order valence-corrected chi connectivity index (χ2v) is 4.96. The summed E-state index contributed by atoms with van der Waals surface area (Å²) in [5.74, 6) is -0.0923. The van der Waals surface area contributed by atoms with E-state index in [9.17, 15) is 4.79 Å². The van der Waals surface area contributed by atoms with Crippen molar-refractivity contribution in [3.63, 3.8) is 0 Å². The summed E-state index contributed by atoms with van der Waals surface area (Å²) < 4.78 is 5.49. The predicted octanol–water partition coefficient (Wildman–Crippen LogP) is 3.53. The van der Waals surface area contributed by atoms with Gasteiger partial charge in [-0.15, -0.1) is 0 Å². The number of hydrogen-bond donors (Lipinski definition) is 0. The highest BCUT2D eigenvalue weighted by Gasteiger charge is 2.34. The van der Waals surface area contributed by atoms with Gasteiger partial charge in [0, 0.05) is 6.42 Å². The van der Waals surface area contributed by atoms with Gasteiger partial charge >= 0.3 is 5.97 Å². The molecule has 1 saturated heterocycles. The SMILES string of the molecule is O=C1O[C@@H](c2ccccc2)C[C@H]1Cc1ccccc1. The van der Waals surface area contributed by atoms with Crippen LogP contribution in [0.2, 0.25) is 0 Å². The van der Waals surface area contributed by atoms with E-state index >= 15 is 0 Å². The number of rotatable bonds is 3. The molecule has 0 N–H and O–H groups in total. The fourth-order valence-electron chi connectivity index (χ4n) is 2.58. The second-order valence-electron chi connectivity index (χ2n) is 4.96. The summed E-state index contributed by atoms with van der Waals surface area (Å²) in [4.78, 5) is 11.9. The molecule has 2 atom stereocenters. The topological polar surface area (TPSA) is 26.3 Å². The molecule has 0 aliphatic carbocycles. The molecule has 0 amide bonds. The van der Waals surface area contributed by atoms with Crippen molar-refractivity contribution in [1.82, 2.24) is 0 Å². The first-order chi connectivity index (χ1) is 9.33. The number of carbonyl (C=O) groups is 1. The van der Waals surface area contributed by atoms with Crippen LogP contribution in [0.1, 0.15) is 23.7 Å². The first-order valence-electron chi connectivity index (χ1n) is 6.62. The number of benzene rings is 2. The highest BCUT2D eigenvalue weighted by molar-refractivity contribution is 5.75. The predicted molar refractivity (Wildman–Crippen MR) is 73.5 cm³/mol. The Morgan fingerprint density at radius 3 is 2.26 bits per heavy atom. The van der Waals surface area contributed by atoms with E-state index in [1.54, 1.807) is 0 Å². The Morgan fingerprint density at radius 1 is 0.947 bits per heavy atom. The summed E-state index contributed by atoms with van der Waals surface area (Å²) in [6.07, 6.45) is 1.46. The van der Waals surface area contributed by atoms with Crippen molar-refractivity contribution < 1.29 is 9.53 Å². The second kappa shape index (κ2) is 5.27. The van der Waals surface area contributed by atoms with Crippen molar-refractivity contribution in [3.05, 3.63) is 71.8 Å². The first kappa shape index (κ1) is 12.0. The van der Waals surface area contributed by atoms with E-state index in [1.165, 1.54) is 5.56 Å². The molecule has 2 aromatic rings. The number of cyclic esters (lactones) is 1. The molecule has 2 aromatic carbocycles. The van der Waals surface area contributed by atoms with Gasteiger partial charge in [0.1, 0.15) is 6.10 Å². The Bertz CT molecular complexity index is 548. The van der Waals surface area contributed by atoms with E-state index in [4.69, 9.17) is 4.74 Å². The summed E-state index contributed by atoms with van der Waals surface area (Å²) in [6, 6.07) is 20.1. The lowest BCUT2D eigenvalue weighted by molar-refractivity contribution is -0.144. The van der Waals surface area contributed by atoms with Crippen molar-refractivity contribution >= 4 is 5.97 Å². The van der Waals surface area contributed by atoms with Crippen molar-refractivity contribution in [3.8, 4) is 0 Å². The van der Waals surface area contributed by atoms with Crippen molar-refractivity contribution in [2.75, 3.05) is 0 Å². The van der Waals surface area contributed by atoms with Gasteiger partial charge in [-0.2, -0.15) is 0 Å². The van der Waals surface area contributed by atoms with Crippen LogP contribution in [0.15, 0.2) is 60.7 Å². The summed E-state index contributed by atoms with van der Waals surface area (Å²) in [5, 5.41) is 0. The maximum absolute atomic E-state index is 11.9. The monoisotopic (exact) mass is 252 g/mol. The quantitative estimate of drug-likeness (QED) is 0.781. The van der Waals surface area contributed by atoms with Crippen LogP contribution in [-0.2, 0) is 16.0 Å². The highest BCUT2D eigenvalue weighted by atomic mass is 16.5. The molecule has 0 aromatic heterocycles. The van der Waals surface area contributed by atoms with Gasteiger partial charge in [-0.1, -0.05) is 60.7 Å². The van der Waals surface area contributed by atoms with E-state index in [-0.39, 0.29) is 18.0 Å². The number of hydrogen-bond acceptors (Lipinski definition) is 2. The molecule has 1 aliphatic rings. The Hall–Kier alpha value is -2.09. The molecule has 3 rings (SSSR count). The largest absolute Gasteiger partial charge is 0.457 e. The average molecular weight is 252 g/mol. The highest BCUT2D eigenvalue weighted by Crippen LogP contribution is 2.34. The van der Waals surface area contributed by atoms with Gasteiger partial charge in [0.05, 0.1) is 5.92 Å². The molecule has 2 heteroatoms. The molecule has 1 aliphatic heterocycles. The lowest BCUT2D eigenvalue weighted by Crippen LogP contribution is -2.10. The Kier molecular flexibility index (Phi) is 3.32. The molecule has 0 unspecified atom stereocenters. The maximum Gasteiger partial charge on any atom is 0.310 e. The van der Waals surface area contributed by atoms with Crippen LogP contribution in [0.3, 0.4) is 0 Å². The lowest BCUT2D eigenvalue weighted by Gasteiger charge is -2.08. The van der Waals surface area contributed by atoms with Gasteiger partial charge in [0.15, 0.2) is 0 Å². The van der Waals surface area contributed by atoms with Crippen LogP contribution in [-0.4, -0.2) is 5.97 Å². The molecular formula is C17H16O2. The molecule has 1 fully saturated rings. The van der Waals surface area contributed by atoms with Gasteiger partial charge in [-0.3, -0.25) is 4.79 Å². The third-order valence-electron chi connectivity index (χ3n) is 3.59. The Balaban J connectivity index is 1.71. The third kappa shape index (κ3) is 2.68. The van der Waals surface area contributed by atoms with Crippen LogP contribution in [0.25, 0.3) is 0 Å². The van der Waals surface area contributed by atoms with Crippen LogP contribution in [0.5, 0.6) is 0 Å². The van der Waals surface area contributed by atoms with Gasteiger partial charge in [0.25, 0.3) is 0 Å². The zero-order valence-electron chi connectivity index (χ0n) is 10.7.